The van der Waals surface area contributed by atoms with Gasteiger partial charge in [0.05, 0.1) is 6.61 Å². The fourth-order valence-electron chi connectivity index (χ4n) is 1.78. The van der Waals surface area contributed by atoms with Crippen LogP contribution in [0.3, 0.4) is 0 Å². The quantitative estimate of drug-likeness (QED) is 0.586. The third kappa shape index (κ3) is 3.95. The fourth-order valence-corrected chi connectivity index (χ4v) is 2.60. The van der Waals surface area contributed by atoms with Crippen molar-refractivity contribution in [3.05, 3.63) is 23.8 Å². The molecule has 112 valence electrons. The first-order chi connectivity index (χ1) is 9.20. The summed E-state index contributed by atoms with van der Waals surface area (Å²) in [6.07, 6.45) is 0.127. The van der Waals surface area contributed by atoms with Crippen LogP contribution in [0.4, 0.5) is 0 Å². The Balaban J connectivity index is 2.11. The Morgan fingerprint density at radius 3 is 2.65 bits per heavy atom. The first kappa shape index (κ1) is 16.2. The van der Waals surface area contributed by atoms with E-state index in [0.29, 0.717) is 12.4 Å². The molecule has 1 aliphatic rings. The zero-order valence-corrected chi connectivity index (χ0v) is 14.9. The molecule has 0 saturated carbocycles. The van der Waals surface area contributed by atoms with Crippen LogP contribution < -0.4 is 9.47 Å². The third-order valence-electron chi connectivity index (χ3n) is 3.31. The minimum absolute atomic E-state index is 0.127. The molecular weight excluding hydrogens is 339 g/mol. The van der Waals surface area contributed by atoms with Crippen LogP contribution in [0.5, 0.6) is 11.5 Å². The van der Waals surface area contributed by atoms with E-state index in [0.717, 1.165) is 11.3 Å². The number of fused-ring (bicyclic) bond motifs is 1. The van der Waals surface area contributed by atoms with E-state index in [9.17, 15) is 0 Å². The predicted octanol–water partition coefficient (Wildman–Crippen LogP) is 4.54. The average Bonchev–Trinajstić information content (AvgIpc) is 2.35. The van der Waals surface area contributed by atoms with Gasteiger partial charge in [0.15, 0.2) is 0 Å². The van der Waals surface area contributed by atoms with E-state index in [1.807, 2.05) is 25.1 Å². The molecule has 0 aliphatic carbocycles. The maximum absolute atomic E-state index is 5.93. The summed E-state index contributed by atoms with van der Waals surface area (Å²) in [5, 5.41) is 0. The van der Waals surface area contributed by atoms with Crippen molar-refractivity contribution in [1.82, 2.24) is 0 Å². The number of benzene rings is 1. The number of ether oxygens (including phenoxy) is 3. The summed E-state index contributed by atoms with van der Waals surface area (Å²) < 4.78 is 17.2. The highest BCUT2D eigenvalue weighted by Gasteiger charge is 2.36. The van der Waals surface area contributed by atoms with E-state index < -0.39 is 11.8 Å². The molecule has 2 rings (SSSR count). The minimum atomic E-state index is -2.78. The summed E-state index contributed by atoms with van der Waals surface area (Å²) in [5.41, 5.74) is 0.937. The molecule has 1 aromatic carbocycles. The van der Waals surface area contributed by atoms with E-state index >= 15 is 0 Å². The minimum Gasteiger partial charge on any atom is -0.493 e. The summed E-state index contributed by atoms with van der Waals surface area (Å²) in [4.78, 5) is 0. The average molecular weight is 356 g/mol. The zero-order valence-electron chi connectivity index (χ0n) is 11.6. The molecule has 1 atom stereocenters. The summed E-state index contributed by atoms with van der Waals surface area (Å²) in [7, 11) is 0. The molecule has 1 aliphatic heterocycles. The van der Waals surface area contributed by atoms with E-state index in [1.165, 1.54) is 0 Å². The van der Waals surface area contributed by atoms with Gasteiger partial charge in [0, 0.05) is 18.4 Å². The topological polar surface area (TPSA) is 27.7 Å². The Hall–Kier alpha value is -0.133. The van der Waals surface area contributed by atoms with E-state index in [1.54, 1.807) is 0 Å². The normalized spacial score (nSPS) is 22.4. The Morgan fingerprint density at radius 1 is 1.35 bits per heavy atom. The molecule has 0 spiro atoms. The van der Waals surface area contributed by atoms with E-state index in [-0.39, 0.29) is 12.1 Å². The number of rotatable bonds is 4. The van der Waals surface area contributed by atoms with Gasteiger partial charge >= 0.3 is 6.00 Å². The molecule has 1 aromatic rings. The molecule has 0 N–H and O–H groups in total. The fraction of sp³-hybridized carbons (Fsp3) is 0.538. The van der Waals surface area contributed by atoms with Crippen LogP contribution in [0.1, 0.15) is 26.3 Å². The lowest BCUT2D eigenvalue weighted by atomic mass is 10.0. The summed E-state index contributed by atoms with van der Waals surface area (Å²) in [5.74, 6) is 1.12. The second-order valence-corrected chi connectivity index (χ2v) is 14.3. The van der Waals surface area contributed by atoms with Gasteiger partial charge in [-0.2, -0.15) is 0 Å². The van der Waals surface area contributed by atoms with Crippen molar-refractivity contribution in [1.29, 1.82) is 0 Å². The lowest BCUT2D eigenvalue weighted by Crippen LogP contribution is -2.43. The number of hydrogen-bond donors (Lipinski definition) is 0. The van der Waals surface area contributed by atoms with Crippen molar-refractivity contribution >= 4 is 39.2 Å². The van der Waals surface area contributed by atoms with Crippen molar-refractivity contribution in [3.63, 3.8) is 0 Å². The standard InChI is InChI=1S/C13H17Cl3O3Si/c1-9(2)13(3)18-7-10-6-11(4-5-12(10)19-13)17-8-20(14,15)16/h4-6,9H,7-8H2,1-3H3. The van der Waals surface area contributed by atoms with Gasteiger partial charge < -0.3 is 14.2 Å². The first-order valence-electron chi connectivity index (χ1n) is 6.35. The Kier molecular flexibility index (Phi) is 4.82. The molecule has 7 heteroatoms. The van der Waals surface area contributed by atoms with Crippen molar-refractivity contribution in [2.75, 3.05) is 6.23 Å². The molecule has 0 aromatic heterocycles. The van der Waals surface area contributed by atoms with Crippen LogP contribution in [0.25, 0.3) is 0 Å². The smallest absolute Gasteiger partial charge is 0.377 e. The van der Waals surface area contributed by atoms with Gasteiger partial charge in [0.2, 0.25) is 5.79 Å². The van der Waals surface area contributed by atoms with Gasteiger partial charge in [-0.05, 0) is 18.2 Å². The molecule has 0 amide bonds. The molecule has 0 radical (unpaired) electrons. The van der Waals surface area contributed by atoms with Crippen molar-refractivity contribution in [2.24, 2.45) is 5.92 Å². The van der Waals surface area contributed by atoms with Crippen LogP contribution in [-0.4, -0.2) is 18.0 Å². The van der Waals surface area contributed by atoms with Crippen molar-refractivity contribution in [2.45, 2.75) is 33.2 Å². The van der Waals surface area contributed by atoms with Gasteiger partial charge in [-0.25, -0.2) is 0 Å². The van der Waals surface area contributed by atoms with Crippen LogP contribution in [-0.2, 0) is 11.3 Å². The van der Waals surface area contributed by atoms with Gasteiger partial charge in [0.25, 0.3) is 0 Å². The predicted molar refractivity (Wildman–Crippen MR) is 83.9 cm³/mol. The van der Waals surface area contributed by atoms with Crippen molar-refractivity contribution < 1.29 is 14.2 Å². The second kappa shape index (κ2) is 5.93. The molecule has 3 nitrogen and oxygen atoms in total. The summed E-state index contributed by atoms with van der Waals surface area (Å²) >= 11 is 17.4. The monoisotopic (exact) mass is 354 g/mol. The highest BCUT2D eigenvalue weighted by atomic mass is 35.8. The SMILES string of the molecule is CC(C)C1(C)OCc2cc(OC[Si](Cl)(Cl)Cl)ccc2O1. The van der Waals surface area contributed by atoms with Crippen LogP contribution in [0.2, 0.25) is 0 Å². The number of halogens is 3. The van der Waals surface area contributed by atoms with Gasteiger partial charge in [0.1, 0.15) is 17.7 Å². The molecule has 1 heterocycles. The lowest BCUT2D eigenvalue weighted by Gasteiger charge is -2.38. The second-order valence-electron chi connectivity index (χ2n) is 5.23. The van der Waals surface area contributed by atoms with E-state index in [2.05, 4.69) is 13.8 Å². The zero-order chi connectivity index (χ0) is 15.0. The molecule has 1 unspecified atom stereocenters. The van der Waals surface area contributed by atoms with Gasteiger partial charge in [-0.3, -0.25) is 0 Å². The van der Waals surface area contributed by atoms with Crippen LogP contribution in [0.15, 0.2) is 18.2 Å². The number of hydrogen-bond acceptors (Lipinski definition) is 3. The molecule has 0 bridgehead atoms. The van der Waals surface area contributed by atoms with E-state index in [4.69, 9.17) is 47.4 Å². The summed E-state index contributed by atoms with van der Waals surface area (Å²) in [6, 6.07) is 2.76. The Bertz CT molecular complexity index is 490. The van der Waals surface area contributed by atoms with Crippen LogP contribution in [0, 0.1) is 5.92 Å². The summed E-state index contributed by atoms with van der Waals surface area (Å²) in [6.45, 7) is 6.55. The Labute approximate surface area is 134 Å². The maximum atomic E-state index is 5.93. The molecule has 0 saturated heterocycles. The lowest BCUT2D eigenvalue weighted by molar-refractivity contribution is -0.219. The van der Waals surface area contributed by atoms with Crippen molar-refractivity contribution in [3.8, 4) is 11.5 Å². The highest BCUT2D eigenvalue weighted by molar-refractivity contribution is 7.64. The van der Waals surface area contributed by atoms with Crippen LogP contribution >= 0.6 is 33.2 Å². The highest BCUT2D eigenvalue weighted by Crippen LogP contribution is 2.37. The van der Waals surface area contributed by atoms with Gasteiger partial charge in [-0.1, -0.05) is 13.8 Å². The molecule has 20 heavy (non-hydrogen) atoms. The van der Waals surface area contributed by atoms with Gasteiger partial charge in [-0.15, -0.1) is 33.2 Å². The largest absolute Gasteiger partial charge is 0.493 e. The third-order valence-corrected chi connectivity index (χ3v) is 4.76. The molecule has 0 fully saturated rings. The maximum Gasteiger partial charge on any atom is 0.377 e. The molecular formula is C13H17Cl3O3Si. The first-order valence-corrected chi connectivity index (χ1v) is 11.6. The Morgan fingerprint density at radius 2 is 2.05 bits per heavy atom.